The molecule has 0 atom stereocenters. The zero-order valence-corrected chi connectivity index (χ0v) is 13.6. The molecule has 1 amide bonds. The number of aryl methyl sites for hydroxylation is 1. The number of hydrogen-bond donors (Lipinski definition) is 0. The first kappa shape index (κ1) is 15.5. The first-order valence-corrected chi connectivity index (χ1v) is 7.42. The van der Waals surface area contributed by atoms with Gasteiger partial charge in [-0.15, -0.1) is 0 Å². The van der Waals surface area contributed by atoms with Crippen molar-refractivity contribution >= 4 is 21.8 Å². The minimum absolute atomic E-state index is 0.130. The van der Waals surface area contributed by atoms with Gasteiger partial charge in [0.2, 0.25) is 0 Å². The molecule has 0 radical (unpaired) electrons. The van der Waals surface area contributed by atoms with Crippen molar-refractivity contribution in [2.75, 3.05) is 20.2 Å². The molecule has 0 aliphatic rings. The Morgan fingerprint density at radius 1 is 1.29 bits per heavy atom. The number of carbonyl (C=O) groups excluding carboxylic acids is 1. The van der Waals surface area contributed by atoms with Crippen LogP contribution in [0.4, 0.5) is 0 Å². The summed E-state index contributed by atoms with van der Waals surface area (Å²) in [4.78, 5) is 17.9. The first-order valence-electron chi connectivity index (χ1n) is 6.63. The number of amides is 1. The number of halogens is 1. The van der Waals surface area contributed by atoms with Gasteiger partial charge in [-0.1, -0.05) is 17.7 Å². The van der Waals surface area contributed by atoms with Crippen LogP contribution in [0.1, 0.15) is 16.1 Å². The SMILES string of the molecule is Cc1ccc(OCCN(C)C(=O)c2ncccc2Br)cc1. The molecule has 5 heteroatoms. The maximum Gasteiger partial charge on any atom is 0.273 e. The van der Waals surface area contributed by atoms with E-state index in [0.717, 1.165) is 5.75 Å². The molecule has 1 heterocycles. The minimum atomic E-state index is -0.130. The molecule has 2 aromatic rings. The highest BCUT2D eigenvalue weighted by Crippen LogP contribution is 2.15. The third kappa shape index (κ3) is 4.29. The molecule has 0 bridgehead atoms. The van der Waals surface area contributed by atoms with E-state index in [1.165, 1.54) is 5.56 Å². The van der Waals surface area contributed by atoms with E-state index in [4.69, 9.17) is 4.74 Å². The van der Waals surface area contributed by atoms with E-state index in [9.17, 15) is 4.79 Å². The summed E-state index contributed by atoms with van der Waals surface area (Å²) in [7, 11) is 1.74. The fourth-order valence-corrected chi connectivity index (χ4v) is 2.18. The van der Waals surface area contributed by atoms with Crippen LogP contribution in [0.2, 0.25) is 0 Å². The standard InChI is InChI=1S/C16H17BrN2O2/c1-12-5-7-13(8-6-12)21-11-10-19(2)16(20)15-14(17)4-3-9-18-15/h3-9H,10-11H2,1-2H3. The van der Waals surface area contributed by atoms with Gasteiger partial charge in [-0.05, 0) is 47.1 Å². The van der Waals surface area contributed by atoms with Crippen molar-refractivity contribution in [2.45, 2.75) is 6.92 Å². The Balaban J connectivity index is 1.87. The Labute approximate surface area is 132 Å². The van der Waals surface area contributed by atoms with Crippen LogP contribution in [0.15, 0.2) is 47.1 Å². The van der Waals surface area contributed by atoms with E-state index >= 15 is 0 Å². The fourth-order valence-electron chi connectivity index (χ4n) is 1.76. The molecular formula is C16H17BrN2O2. The van der Waals surface area contributed by atoms with E-state index in [1.807, 2.05) is 31.2 Å². The summed E-state index contributed by atoms with van der Waals surface area (Å²) in [6.07, 6.45) is 1.61. The monoisotopic (exact) mass is 348 g/mol. The summed E-state index contributed by atoms with van der Waals surface area (Å²) in [5.74, 6) is 0.676. The van der Waals surface area contributed by atoms with E-state index in [-0.39, 0.29) is 5.91 Å². The van der Waals surface area contributed by atoms with Crippen LogP contribution in [-0.4, -0.2) is 36.0 Å². The van der Waals surface area contributed by atoms with Crippen LogP contribution in [0.3, 0.4) is 0 Å². The summed E-state index contributed by atoms with van der Waals surface area (Å²) >= 11 is 3.34. The number of aromatic nitrogens is 1. The van der Waals surface area contributed by atoms with E-state index in [1.54, 1.807) is 30.3 Å². The number of rotatable bonds is 5. The Morgan fingerprint density at radius 3 is 2.67 bits per heavy atom. The van der Waals surface area contributed by atoms with Gasteiger partial charge in [0, 0.05) is 17.7 Å². The van der Waals surface area contributed by atoms with Crippen LogP contribution in [0.25, 0.3) is 0 Å². The Morgan fingerprint density at radius 2 is 2.00 bits per heavy atom. The third-order valence-electron chi connectivity index (χ3n) is 3.02. The van der Waals surface area contributed by atoms with Gasteiger partial charge in [0.15, 0.2) is 0 Å². The molecule has 4 nitrogen and oxygen atoms in total. The lowest BCUT2D eigenvalue weighted by Gasteiger charge is -2.17. The number of hydrogen-bond acceptors (Lipinski definition) is 3. The molecule has 0 aliphatic carbocycles. The normalized spacial score (nSPS) is 10.2. The number of pyridine rings is 1. The Hall–Kier alpha value is -1.88. The highest BCUT2D eigenvalue weighted by atomic mass is 79.9. The quantitative estimate of drug-likeness (QED) is 0.832. The molecule has 0 saturated heterocycles. The van der Waals surface area contributed by atoms with Gasteiger partial charge in [0.05, 0.1) is 6.54 Å². The largest absolute Gasteiger partial charge is 0.492 e. The molecule has 0 spiro atoms. The smallest absolute Gasteiger partial charge is 0.273 e. The van der Waals surface area contributed by atoms with Gasteiger partial charge in [0.1, 0.15) is 18.1 Å². The van der Waals surface area contributed by atoms with Crippen LogP contribution in [-0.2, 0) is 0 Å². The van der Waals surface area contributed by atoms with Gasteiger partial charge >= 0.3 is 0 Å². The number of nitrogens with zero attached hydrogens (tertiary/aromatic N) is 2. The number of ether oxygens (including phenoxy) is 1. The zero-order valence-electron chi connectivity index (χ0n) is 12.0. The van der Waals surface area contributed by atoms with E-state index < -0.39 is 0 Å². The molecule has 1 aromatic carbocycles. The summed E-state index contributed by atoms with van der Waals surface area (Å²) in [5, 5.41) is 0. The lowest BCUT2D eigenvalue weighted by atomic mass is 10.2. The van der Waals surface area contributed by atoms with Gasteiger partial charge < -0.3 is 9.64 Å². The second-order valence-corrected chi connectivity index (χ2v) is 5.58. The number of benzene rings is 1. The van der Waals surface area contributed by atoms with Crippen molar-refractivity contribution < 1.29 is 9.53 Å². The van der Waals surface area contributed by atoms with Crippen LogP contribution >= 0.6 is 15.9 Å². The van der Waals surface area contributed by atoms with Crippen molar-refractivity contribution in [3.8, 4) is 5.75 Å². The van der Waals surface area contributed by atoms with Gasteiger partial charge in [-0.2, -0.15) is 0 Å². The third-order valence-corrected chi connectivity index (χ3v) is 3.66. The molecule has 21 heavy (non-hydrogen) atoms. The van der Waals surface area contributed by atoms with Crippen molar-refractivity contribution in [3.63, 3.8) is 0 Å². The highest BCUT2D eigenvalue weighted by Gasteiger charge is 2.15. The Bertz CT molecular complexity index is 614. The number of carbonyl (C=O) groups is 1. The second-order valence-electron chi connectivity index (χ2n) is 4.72. The summed E-state index contributed by atoms with van der Waals surface area (Å²) in [6, 6.07) is 11.4. The maximum atomic E-state index is 12.2. The molecule has 2 rings (SSSR count). The lowest BCUT2D eigenvalue weighted by Crippen LogP contribution is -2.31. The van der Waals surface area contributed by atoms with Crippen molar-refractivity contribution in [2.24, 2.45) is 0 Å². The summed E-state index contributed by atoms with van der Waals surface area (Å²) in [5.41, 5.74) is 1.60. The summed E-state index contributed by atoms with van der Waals surface area (Å²) < 4.78 is 6.32. The van der Waals surface area contributed by atoms with Gasteiger partial charge in [0.25, 0.3) is 5.91 Å². The van der Waals surface area contributed by atoms with Crippen LogP contribution in [0.5, 0.6) is 5.75 Å². The Kier molecular flexibility index (Phi) is 5.33. The van der Waals surface area contributed by atoms with Crippen LogP contribution in [0, 0.1) is 6.92 Å². The molecule has 110 valence electrons. The molecule has 0 unspecified atom stereocenters. The minimum Gasteiger partial charge on any atom is -0.492 e. The first-order chi connectivity index (χ1) is 10.1. The van der Waals surface area contributed by atoms with E-state index in [0.29, 0.717) is 23.3 Å². The average Bonchev–Trinajstić information content (AvgIpc) is 2.49. The van der Waals surface area contributed by atoms with Gasteiger partial charge in [-0.3, -0.25) is 4.79 Å². The second kappa shape index (κ2) is 7.22. The average molecular weight is 349 g/mol. The van der Waals surface area contributed by atoms with Crippen molar-refractivity contribution in [1.29, 1.82) is 0 Å². The predicted molar refractivity (Wildman–Crippen MR) is 85.6 cm³/mol. The molecule has 0 fully saturated rings. The molecular weight excluding hydrogens is 332 g/mol. The topological polar surface area (TPSA) is 42.4 Å². The lowest BCUT2D eigenvalue weighted by molar-refractivity contribution is 0.0767. The fraction of sp³-hybridized carbons (Fsp3) is 0.250. The zero-order chi connectivity index (χ0) is 15.2. The highest BCUT2D eigenvalue weighted by molar-refractivity contribution is 9.10. The molecule has 0 aliphatic heterocycles. The summed E-state index contributed by atoms with van der Waals surface area (Å²) in [6.45, 7) is 2.96. The maximum absolute atomic E-state index is 12.2. The molecule has 0 saturated carbocycles. The van der Waals surface area contributed by atoms with Crippen molar-refractivity contribution in [3.05, 3.63) is 58.3 Å². The molecule has 0 N–H and O–H groups in total. The number of likely N-dealkylation sites (N-methyl/N-ethyl adjacent to an activating group) is 1. The van der Waals surface area contributed by atoms with Gasteiger partial charge in [-0.25, -0.2) is 4.98 Å². The van der Waals surface area contributed by atoms with Crippen molar-refractivity contribution in [1.82, 2.24) is 9.88 Å². The predicted octanol–water partition coefficient (Wildman–Crippen LogP) is 3.30. The van der Waals surface area contributed by atoms with E-state index in [2.05, 4.69) is 20.9 Å². The molecule has 1 aromatic heterocycles. The van der Waals surface area contributed by atoms with Crippen LogP contribution < -0.4 is 4.74 Å².